The maximum Gasteiger partial charge on any atom is 0.292 e. The summed E-state index contributed by atoms with van der Waals surface area (Å²) in [6.07, 6.45) is 0. The molecule has 1 aromatic heterocycles. The van der Waals surface area contributed by atoms with E-state index in [2.05, 4.69) is 4.98 Å². The van der Waals surface area contributed by atoms with Crippen LogP contribution in [-0.4, -0.2) is 4.98 Å². The number of benzene rings is 1. The summed E-state index contributed by atoms with van der Waals surface area (Å²) in [5.74, 6) is 0. The summed E-state index contributed by atoms with van der Waals surface area (Å²) in [4.78, 5) is 4.02. The lowest BCUT2D eigenvalue weighted by Gasteiger charge is -1.88. The molecule has 11 heavy (non-hydrogen) atoms. The number of fused-ring (bicyclic) bond motifs is 1. The number of hydrogen-bond acceptors (Lipinski definition) is 3. The van der Waals surface area contributed by atoms with Crippen molar-refractivity contribution in [3.8, 4) is 0 Å². The van der Waals surface area contributed by atoms with Crippen LogP contribution >= 0.6 is 0 Å². The quantitative estimate of drug-likeness (QED) is 0.618. The fourth-order valence-corrected chi connectivity index (χ4v) is 1.10. The summed E-state index contributed by atoms with van der Waals surface area (Å²) in [7, 11) is 0. The molecule has 1 aromatic carbocycles. The zero-order chi connectivity index (χ0) is 7.84. The zero-order valence-corrected chi connectivity index (χ0v) is 6.16. The van der Waals surface area contributed by atoms with E-state index >= 15 is 0 Å². The Bertz CT molecular complexity index is 392. The number of oxazole rings is 1. The third-order valence-corrected chi connectivity index (χ3v) is 1.64. The van der Waals surface area contributed by atoms with Gasteiger partial charge in [0.15, 0.2) is 5.58 Å². The van der Waals surface area contributed by atoms with Crippen molar-refractivity contribution in [2.75, 3.05) is 5.73 Å². The maximum absolute atomic E-state index is 5.38. The van der Waals surface area contributed by atoms with Crippen molar-refractivity contribution in [1.29, 1.82) is 0 Å². The molecule has 3 nitrogen and oxygen atoms in total. The van der Waals surface area contributed by atoms with Crippen LogP contribution in [0.2, 0.25) is 0 Å². The third kappa shape index (κ3) is 0.852. The SMILES string of the molecule is Cc1cccc2oc(N)nc12. The summed E-state index contributed by atoms with van der Waals surface area (Å²) >= 11 is 0. The average Bonchev–Trinajstić information content (AvgIpc) is 2.31. The molecule has 0 saturated carbocycles. The number of hydrogen-bond donors (Lipinski definition) is 1. The number of nitrogens with zero attached hydrogens (tertiary/aromatic N) is 1. The lowest BCUT2D eigenvalue weighted by Crippen LogP contribution is -1.81. The van der Waals surface area contributed by atoms with E-state index in [1.807, 2.05) is 25.1 Å². The normalized spacial score (nSPS) is 10.6. The Hall–Kier alpha value is -1.51. The summed E-state index contributed by atoms with van der Waals surface area (Å²) < 4.78 is 5.12. The van der Waals surface area contributed by atoms with Crippen molar-refractivity contribution in [3.05, 3.63) is 23.8 Å². The van der Waals surface area contributed by atoms with Crippen molar-refractivity contribution in [1.82, 2.24) is 4.98 Å². The van der Waals surface area contributed by atoms with E-state index < -0.39 is 0 Å². The predicted octanol–water partition coefficient (Wildman–Crippen LogP) is 1.72. The first-order chi connectivity index (χ1) is 5.27. The molecule has 0 aliphatic rings. The molecule has 0 bridgehead atoms. The van der Waals surface area contributed by atoms with Gasteiger partial charge in [-0.3, -0.25) is 0 Å². The Morgan fingerprint density at radius 1 is 1.45 bits per heavy atom. The lowest BCUT2D eigenvalue weighted by molar-refractivity contribution is 0.626. The highest BCUT2D eigenvalue weighted by molar-refractivity contribution is 5.77. The van der Waals surface area contributed by atoms with Crippen LogP contribution in [-0.2, 0) is 0 Å². The van der Waals surface area contributed by atoms with Crippen molar-refractivity contribution >= 4 is 17.1 Å². The minimum Gasteiger partial charge on any atom is -0.424 e. The Kier molecular flexibility index (Phi) is 1.12. The zero-order valence-electron chi connectivity index (χ0n) is 6.16. The summed E-state index contributed by atoms with van der Waals surface area (Å²) in [5.41, 5.74) is 8.07. The van der Waals surface area contributed by atoms with Crippen molar-refractivity contribution < 1.29 is 4.42 Å². The summed E-state index contributed by atoms with van der Waals surface area (Å²) in [6.45, 7) is 1.98. The monoisotopic (exact) mass is 148 g/mol. The fraction of sp³-hybridized carbons (Fsp3) is 0.125. The fourth-order valence-electron chi connectivity index (χ4n) is 1.10. The predicted molar refractivity (Wildman–Crippen MR) is 43.2 cm³/mol. The molecule has 2 aromatic rings. The number of aryl methyl sites for hydroxylation is 1. The van der Waals surface area contributed by atoms with E-state index in [0.29, 0.717) is 0 Å². The smallest absolute Gasteiger partial charge is 0.292 e. The first-order valence-corrected chi connectivity index (χ1v) is 3.39. The van der Waals surface area contributed by atoms with Crippen LogP contribution in [0, 0.1) is 6.92 Å². The Morgan fingerprint density at radius 2 is 2.27 bits per heavy atom. The molecule has 0 radical (unpaired) electrons. The molecule has 0 fully saturated rings. The van der Waals surface area contributed by atoms with Gasteiger partial charge in [0.2, 0.25) is 0 Å². The standard InChI is InChI=1S/C8H8N2O/c1-5-3-2-4-6-7(5)10-8(9)11-6/h2-4H,1H3,(H2,9,10). The van der Waals surface area contributed by atoms with Crippen molar-refractivity contribution in [2.24, 2.45) is 0 Å². The molecular weight excluding hydrogens is 140 g/mol. The minimum absolute atomic E-state index is 0.231. The molecule has 56 valence electrons. The molecule has 3 heteroatoms. The second-order valence-electron chi connectivity index (χ2n) is 2.47. The minimum atomic E-state index is 0.231. The second kappa shape index (κ2) is 1.99. The Labute approximate surface area is 63.8 Å². The molecule has 2 rings (SSSR count). The van der Waals surface area contributed by atoms with E-state index in [-0.39, 0.29) is 6.01 Å². The van der Waals surface area contributed by atoms with E-state index in [0.717, 1.165) is 16.7 Å². The first-order valence-electron chi connectivity index (χ1n) is 3.39. The van der Waals surface area contributed by atoms with Crippen molar-refractivity contribution in [3.63, 3.8) is 0 Å². The third-order valence-electron chi connectivity index (χ3n) is 1.64. The topological polar surface area (TPSA) is 52.0 Å². The molecule has 2 N–H and O–H groups in total. The van der Waals surface area contributed by atoms with Crippen LogP contribution in [0.25, 0.3) is 11.1 Å². The van der Waals surface area contributed by atoms with Crippen LogP contribution in [0.3, 0.4) is 0 Å². The molecule has 0 saturated heterocycles. The van der Waals surface area contributed by atoms with Gasteiger partial charge in [-0.1, -0.05) is 12.1 Å². The number of nitrogens with two attached hydrogens (primary N) is 1. The highest BCUT2D eigenvalue weighted by Crippen LogP contribution is 2.19. The van der Waals surface area contributed by atoms with Crippen LogP contribution in [0.5, 0.6) is 0 Å². The number of rotatable bonds is 0. The number of para-hydroxylation sites is 1. The van der Waals surface area contributed by atoms with Gasteiger partial charge in [0.05, 0.1) is 0 Å². The molecule has 0 aliphatic carbocycles. The highest BCUT2D eigenvalue weighted by atomic mass is 16.4. The highest BCUT2D eigenvalue weighted by Gasteiger charge is 2.02. The number of anilines is 1. The summed E-state index contributed by atoms with van der Waals surface area (Å²) in [6, 6.07) is 5.98. The van der Waals surface area contributed by atoms with Crippen molar-refractivity contribution in [2.45, 2.75) is 6.92 Å². The van der Waals surface area contributed by atoms with E-state index in [4.69, 9.17) is 10.2 Å². The van der Waals surface area contributed by atoms with E-state index in [1.54, 1.807) is 0 Å². The Balaban J connectivity index is 2.90. The lowest BCUT2D eigenvalue weighted by atomic mass is 10.2. The van der Waals surface area contributed by atoms with Crippen LogP contribution in [0.15, 0.2) is 22.6 Å². The number of nitrogen functional groups attached to an aromatic ring is 1. The van der Waals surface area contributed by atoms with Gasteiger partial charge >= 0.3 is 0 Å². The molecule has 0 unspecified atom stereocenters. The molecule has 1 heterocycles. The van der Waals surface area contributed by atoms with Gasteiger partial charge in [-0.2, -0.15) is 4.98 Å². The second-order valence-corrected chi connectivity index (χ2v) is 2.47. The Morgan fingerprint density at radius 3 is 3.00 bits per heavy atom. The number of aromatic nitrogens is 1. The van der Waals surface area contributed by atoms with Crippen LogP contribution < -0.4 is 5.73 Å². The first kappa shape index (κ1) is 6.22. The van der Waals surface area contributed by atoms with Gasteiger partial charge in [-0.25, -0.2) is 0 Å². The van der Waals surface area contributed by atoms with Gasteiger partial charge in [0.1, 0.15) is 5.52 Å². The van der Waals surface area contributed by atoms with Gasteiger partial charge in [-0.05, 0) is 18.6 Å². The molecule has 0 aliphatic heterocycles. The van der Waals surface area contributed by atoms with Crippen LogP contribution in [0.1, 0.15) is 5.56 Å². The molecular formula is C8H8N2O. The van der Waals surface area contributed by atoms with Gasteiger partial charge in [0.25, 0.3) is 6.01 Å². The van der Waals surface area contributed by atoms with E-state index in [1.165, 1.54) is 0 Å². The molecule has 0 amide bonds. The molecule has 0 spiro atoms. The summed E-state index contributed by atoms with van der Waals surface area (Å²) in [5, 5.41) is 0. The largest absolute Gasteiger partial charge is 0.424 e. The van der Waals surface area contributed by atoms with Gasteiger partial charge < -0.3 is 10.2 Å². The van der Waals surface area contributed by atoms with Crippen LogP contribution in [0.4, 0.5) is 6.01 Å². The molecule has 0 atom stereocenters. The average molecular weight is 148 g/mol. The van der Waals surface area contributed by atoms with Gasteiger partial charge in [-0.15, -0.1) is 0 Å². The van der Waals surface area contributed by atoms with E-state index in [9.17, 15) is 0 Å². The van der Waals surface area contributed by atoms with Gasteiger partial charge in [0, 0.05) is 0 Å². The maximum atomic E-state index is 5.38.